The van der Waals surface area contributed by atoms with Gasteiger partial charge in [-0.25, -0.2) is 0 Å². The van der Waals surface area contributed by atoms with Crippen LogP contribution >= 0.6 is 0 Å². The summed E-state index contributed by atoms with van der Waals surface area (Å²) in [4.78, 5) is 23.4. The lowest BCUT2D eigenvalue weighted by molar-refractivity contribution is -0.146. The van der Waals surface area contributed by atoms with Crippen molar-refractivity contribution in [2.45, 2.75) is 57.6 Å². The summed E-state index contributed by atoms with van der Waals surface area (Å²) in [6.45, 7) is 2.00. The molecule has 2 fully saturated rings. The van der Waals surface area contributed by atoms with E-state index in [4.69, 9.17) is 0 Å². The van der Waals surface area contributed by atoms with Crippen LogP contribution in [0.25, 0.3) is 0 Å². The average molecular weight is 269 g/mol. The van der Waals surface area contributed by atoms with Crippen molar-refractivity contribution in [1.82, 2.24) is 5.32 Å². The molecule has 0 aromatic rings. The molecule has 0 aromatic heterocycles. The molecule has 5 heteroatoms. The van der Waals surface area contributed by atoms with Gasteiger partial charge in [0.15, 0.2) is 0 Å². The number of hydrogen-bond acceptors (Lipinski definition) is 3. The number of hydrogen-bond donors (Lipinski definition) is 3. The van der Waals surface area contributed by atoms with Gasteiger partial charge in [0.05, 0.1) is 17.9 Å². The van der Waals surface area contributed by atoms with Gasteiger partial charge in [0.2, 0.25) is 5.91 Å². The van der Waals surface area contributed by atoms with Crippen LogP contribution in [-0.2, 0) is 9.59 Å². The molecule has 2 aliphatic carbocycles. The molecule has 19 heavy (non-hydrogen) atoms. The highest BCUT2D eigenvalue weighted by Crippen LogP contribution is 2.36. The Morgan fingerprint density at radius 3 is 2.21 bits per heavy atom. The number of nitrogens with one attached hydrogen (secondary N) is 1. The summed E-state index contributed by atoms with van der Waals surface area (Å²) < 4.78 is 0. The molecular formula is C14H23NO4. The van der Waals surface area contributed by atoms with Crippen molar-refractivity contribution in [3.63, 3.8) is 0 Å². The Bertz CT molecular complexity index is 349. The molecule has 0 heterocycles. The topological polar surface area (TPSA) is 86.6 Å². The monoisotopic (exact) mass is 269 g/mol. The summed E-state index contributed by atoms with van der Waals surface area (Å²) in [5, 5.41) is 21.6. The van der Waals surface area contributed by atoms with Gasteiger partial charge >= 0.3 is 5.97 Å². The molecule has 3 N–H and O–H groups in total. The number of aliphatic hydroxyl groups is 1. The standard InChI is InChI=1S/C14H23NO4/c1-8-6-11(12(7-8)14(18)19)13(17)15-9-2-4-10(16)5-3-9/h8-12,16H,2-7H2,1H3,(H,15,17)(H,18,19). The van der Waals surface area contributed by atoms with Crippen LogP contribution in [0.5, 0.6) is 0 Å². The first-order valence-corrected chi connectivity index (χ1v) is 7.18. The Balaban J connectivity index is 1.90. The zero-order valence-electron chi connectivity index (χ0n) is 11.3. The average Bonchev–Trinajstić information content (AvgIpc) is 2.74. The van der Waals surface area contributed by atoms with Gasteiger partial charge < -0.3 is 15.5 Å². The lowest BCUT2D eigenvalue weighted by Gasteiger charge is -2.28. The first-order valence-electron chi connectivity index (χ1n) is 7.18. The summed E-state index contributed by atoms with van der Waals surface area (Å²) in [5.74, 6) is -1.60. The van der Waals surface area contributed by atoms with Gasteiger partial charge in [0.25, 0.3) is 0 Å². The van der Waals surface area contributed by atoms with E-state index in [-0.39, 0.29) is 24.0 Å². The molecule has 0 saturated heterocycles. The van der Waals surface area contributed by atoms with E-state index in [0.717, 1.165) is 12.8 Å². The number of rotatable bonds is 3. The lowest BCUT2D eigenvalue weighted by Crippen LogP contribution is -2.43. The number of carboxylic acid groups (broad SMARTS) is 1. The number of amides is 1. The first kappa shape index (κ1) is 14.3. The molecule has 5 nitrogen and oxygen atoms in total. The number of carboxylic acids is 1. The zero-order valence-corrected chi connectivity index (χ0v) is 11.3. The van der Waals surface area contributed by atoms with Gasteiger partial charge in [0, 0.05) is 6.04 Å². The SMILES string of the molecule is CC1CC(C(=O)O)C(C(=O)NC2CCC(O)CC2)C1. The van der Waals surface area contributed by atoms with Crippen LogP contribution < -0.4 is 5.32 Å². The van der Waals surface area contributed by atoms with Crippen LogP contribution in [0.15, 0.2) is 0 Å². The molecule has 1 amide bonds. The number of aliphatic carboxylic acids is 1. The molecule has 3 atom stereocenters. The van der Waals surface area contributed by atoms with Crippen LogP contribution in [0.1, 0.15) is 45.4 Å². The molecule has 108 valence electrons. The van der Waals surface area contributed by atoms with E-state index < -0.39 is 11.9 Å². The molecule has 0 aromatic carbocycles. The molecule has 0 radical (unpaired) electrons. The minimum absolute atomic E-state index is 0.0984. The summed E-state index contributed by atoms with van der Waals surface area (Å²) >= 11 is 0. The third-order valence-electron chi connectivity index (χ3n) is 4.50. The minimum Gasteiger partial charge on any atom is -0.481 e. The van der Waals surface area contributed by atoms with Gasteiger partial charge in [0.1, 0.15) is 0 Å². The second-order valence-electron chi connectivity index (χ2n) is 6.14. The highest BCUT2D eigenvalue weighted by Gasteiger charge is 2.41. The van der Waals surface area contributed by atoms with Crippen LogP contribution in [0.3, 0.4) is 0 Å². The molecule has 2 rings (SSSR count). The van der Waals surface area contributed by atoms with Crippen molar-refractivity contribution in [2.75, 3.05) is 0 Å². The van der Waals surface area contributed by atoms with Crippen molar-refractivity contribution in [3.8, 4) is 0 Å². The molecule has 0 aliphatic heterocycles. The fraction of sp³-hybridized carbons (Fsp3) is 0.857. The minimum atomic E-state index is -0.858. The highest BCUT2D eigenvalue weighted by molar-refractivity contribution is 5.85. The van der Waals surface area contributed by atoms with Gasteiger partial charge in [-0.15, -0.1) is 0 Å². The summed E-state index contributed by atoms with van der Waals surface area (Å²) in [5.41, 5.74) is 0. The number of aliphatic hydroxyl groups excluding tert-OH is 1. The van der Waals surface area contributed by atoms with Crippen LogP contribution in [0, 0.1) is 17.8 Å². The van der Waals surface area contributed by atoms with Crippen molar-refractivity contribution in [1.29, 1.82) is 0 Å². The second kappa shape index (κ2) is 5.90. The van der Waals surface area contributed by atoms with Crippen LogP contribution in [0.4, 0.5) is 0 Å². The van der Waals surface area contributed by atoms with Crippen molar-refractivity contribution in [3.05, 3.63) is 0 Å². The third kappa shape index (κ3) is 3.47. The van der Waals surface area contributed by atoms with Crippen LogP contribution in [-0.4, -0.2) is 34.2 Å². The maximum Gasteiger partial charge on any atom is 0.307 e. The van der Waals surface area contributed by atoms with Crippen molar-refractivity contribution < 1.29 is 19.8 Å². The van der Waals surface area contributed by atoms with Crippen molar-refractivity contribution in [2.24, 2.45) is 17.8 Å². The van der Waals surface area contributed by atoms with E-state index in [1.54, 1.807) is 0 Å². The van der Waals surface area contributed by atoms with E-state index in [0.29, 0.717) is 31.6 Å². The van der Waals surface area contributed by atoms with E-state index in [2.05, 4.69) is 5.32 Å². The highest BCUT2D eigenvalue weighted by atomic mass is 16.4. The lowest BCUT2D eigenvalue weighted by atomic mass is 9.91. The predicted molar refractivity (Wildman–Crippen MR) is 69.4 cm³/mol. The Labute approximate surface area is 113 Å². The number of carbonyl (C=O) groups is 2. The Kier molecular flexibility index (Phi) is 4.45. The third-order valence-corrected chi connectivity index (χ3v) is 4.50. The summed E-state index contributed by atoms with van der Waals surface area (Å²) in [7, 11) is 0. The molecule has 0 spiro atoms. The second-order valence-corrected chi connectivity index (χ2v) is 6.14. The fourth-order valence-corrected chi connectivity index (χ4v) is 3.38. The van der Waals surface area contributed by atoms with Crippen LogP contribution in [0.2, 0.25) is 0 Å². The van der Waals surface area contributed by atoms with E-state index in [9.17, 15) is 19.8 Å². The van der Waals surface area contributed by atoms with Gasteiger partial charge in [-0.05, 0) is 44.4 Å². The Morgan fingerprint density at radius 2 is 1.63 bits per heavy atom. The normalized spacial score (nSPS) is 38.9. The predicted octanol–water partition coefficient (Wildman–Crippen LogP) is 1.15. The summed E-state index contributed by atoms with van der Waals surface area (Å²) in [6, 6.07) is 0.0984. The molecule has 0 bridgehead atoms. The largest absolute Gasteiger partial charge is 0.481 e. The Hall–Kier alpha value is -1.10. The fourth-order valence-electron chi connectivity index (χ4n) is 3.38. The van der Waals surface area contributed by atoms with Gasteiger partial charge in [-0.1, -0.05) is 6.92 Å². The van der Waals surface area contributed by atoms with Crippen molar-refractivity contribution >= 4 is 11.9 Å². The van der Waals surface area contributed by atoms with Gasteiger partial charge in [-0.2, -0.15) is 0 Å². The van der Waals surface area contributed by atoms with E-state index in [1.165, 1.54) is 0 Å². The zero-order chi connectivity index (χ0) is 14.0. The molecular weight excluding hydrogens is 246 g/mol. The summed E-state index contributed by atoms with van der Waals surface area (Å²) in [6.07, 6.45) is 4.02. The molecule has 2 aliphatic rings. The maximum atomic E-state index is 12.2. The van der Waals surface area contributed by atoms with E-state index in [1.807, 2.05) is 6.92 Å². The Morgan fingerprint density at radius 1 is 1.05 bits per heavy atom. The van der Waals surface area contributed by atoms with Gasteiger partial charge in [-0.3, -0.25) is 9.59 Å². The van der Waals surface area contributed by atoms with E-state index >= 15 is 0 Å². The number of carbonyl (C=O) groups excluding carboxylic acids is 1. The first-order chi connectivity index (χ1) is 8.97. The maximum absolute atomic E-state index is 12.2. The molecule has 3 unspecified atom stereocenters. The quantitative estimate of drug-likeness (QED) is 0.717. The smallest absolute Gasteiger partial charge is 0.307 e. The molecule has 2 saturated carbocycles.